The summed E-state index contributed by atoms with van der Waals surface area (Å²) in [5.41, 5.74) is 1.87. The van der Waals surface area contributed by atoms with Gasteiger partial charge >= 0.3 is 0 Å². The summed E-state index contributed by atoms with van der Waals surface area (Å²) in [7, 11) is 0. The van der Waals surface area contributed by atoms with E-state index in [2.05, 4.69) is 36.5 Å². The van der Waals surface area contributed by atoms with Crippen LogP contribution in [0.3, 0.4) is 0 Å². The maximum atomic E-state index is 12.3. The van der Waals surface area contributed by atoms with Gasteiger partial charge in [-0.2, -0.15) is 0 Å². The van der Waals surface area contributed by atoms with Gasteiger partial charge in [0.15, 0.2) is 0 Å². The molecule has 3 rings (SSSR count). The van der Waals surface area contributed by atoms with Gasteiger partial charge in [0.05, 0.1) is 5.69 Å². The SMILES string of the molecule is O=C(Nc1ccccc1Br)c1cc(Nc2ccccc2)ncn1. The minimum Gasteiger partial charge on any atom is -0.340 e. The van der Waals surface area contributed by atoms with Gasteiger partial charge in [-0.05, 0) is 40.2 Å². The molecule has 0 aliphatic carbocycles. The zero-order valence-corrected chi connectivity index (χ0v) is 13.6. The molecule has 0 atom stereocenters. The van der Waals surface area contributed by atoms with Crippen LogP contribution >= 0.6 is 15.9 Å². The lowest BCUT2D eigenvalue weighted by Crippen LogP contribution is -2.14. The molecule has 23 heavy (non-hydrogen) atoms. The Morgan fingerprint density at radius 1 is 0.957 bits per heavy atom. The normalized spacial score (nSPS) is 10.1. The first-order valence-electron chi connectivity index (χ1n) is 6.92. The van der Waals surface area contributed by atoms with E-state index in [1.165, 1.54) is 6.33 Å². The van der Waals surface area contributed by atoms with Crippen molar-refractivity contribution in [2.45, 2.75) is 0 Å². The van der Waals surface area contributed by atoms with Gasteiger partial charge in [0.25, 0.3) is 5.91 Å². The van der Waals surface area contributed by atoms with E-state index < -0.39 is 0 Å². The lowest BCUT2D eigenvalue weighted by molar-refractivity contribution is 0.102. The lowest BCUT2D eigenvalue weighted by Gasteiger charge is -2.08. The van der Waals surface area contributed by atoms with Crippen LogP contribution in [0.5, 0.6) is 0 Å². The highest BCUT2D eigenvalue weighted by atomic mass is 79.9. The number of halogens is 1. The molecule has 0 bridgehead atoms. The molecule has 6 heteroatoms. The average molecular weight is 369 g/mol. The maximum Gasteiger partial charge on any atom is 0.274 e. The first-order chi connectivity index (χ1) is 11.2. The fraction of sp³-hybridized carbons (Fsp3) is 0. The van der Waals surface area contributed by atoms with Gasteiger partial charge in [0, 0.05) is 16.2 Å². The van der Waals surface area contributed by atoms with Crippen molar-refractivity contribution in [2.75, 3.05) is 10.6 Å². The van der Waals surface area contributed by atoms with Crippen molar-refractivity contribution in [3.63, 3.8) is 0 Å². The van der Waals surface area contributed by atoms with E-state index in [-0.39, 0.29) is 11.6 Å². The second-order valence-electron chi connectivity index (χ2n) is 4.71. The van der Waals surface area contributed by atoms with Crippen LogP contribution in [0, 0.1) is 0 Å². The second kappa shape index (κ2) is 7.02. The number of anilines is 3. The van der Waals surface area contributed by atoms with E-state index in [9.17, 15) is 4.79 Å². The van der Waals surface area contributed by atoms with Crippen molar-refractivity contribution < 1.29 is 4.79 Å². The second-order valence-corrected chi connectivity index (χ2v) is 5.57. The minimum atomic E-state index is -0.296. The fourth-order valence-corrected chi connectivity index (χ4v) is 2.35. The average Bonchev–Trinajstić information content (AvgIpc) is 2.58. The van der Waals surface area contributed by atoms with E-state index in [1.54, 1.807) is 6.07 Å². The van der Waals surface area contributed by atoms with E-state index in [0.29, 0.717) is 11.5 Å². The van der Waals surface area contributed by atoms with Crippen molar-refractivity contribution in [3.05, 3.63) is 77.2 Å². The summed E-state index contributed by atoms with van der Waals surface area (Å²) in [5.74, 6) is 0.263. The zero-order valence-electron chi connectivity index (χ0n) is 12.0. The number of carbonyl (C=O) groups is 1. The van der Waals surface area contributed by atoms with E-state index in [0.717, 1.165) is 10.2 Å². The van der Waals surface area contributed by atoms with Crippen LogP contribution in [0.4, 0.5) is 17.2 Å². The molecule has 0 radical (unpaired) electrons. The molecule has 114 valence electrons. The van der Waals surface area contributed by atoms with Crippen LogP contribution in [0.2, 0.25) is 0 Å². The van der Waals surface area contributed by atoms with E-state index >= 15 is 0 Å². The molecule has 1 heterocycles. The summed E-state index contributed by atoms with van der Waals surface area (Å²) in [6.07, 6.45) is 1.36. The summed E-state index contributed by atoms with van der Waals surface area (Å²) >= 11 is 3.40. The van der Waals surface area contributed by atoms with Crippen molar-refractivity contribution in [2.24, 2.45) is 0 Å². The van der Waals surface area contributed by atoms with E-state index in [1.807, 2.05) is 54.6 Å². The molecule has 5 nitrogen and oxygen atoms in total. The molecule has 1 amide bonds. The number of aromatic nitrogens is 2. The van der Waals surface area contributed by atoms with Crippen LogP contribution in [-0.2, 0) is 0 Å². The topological polar surface area (TPSA) is 66.9 Å². The van der Waals surface area contributed by atoms with Gasteiger partial charge in [-0.15, -0.1) is 0 Å². The number of benzene rings is 2. The number of amides is 1. The molecule has 3 aromatic rings. The van der Waals surface area contributed by atoms with Crippen LogP contribution in [-0.4, -0.2) is 15.9 Å². The predicted molar refractivity (Wildman–Crippen MR) is 93.9 cm³/mol. The molecule has 1 aromatic heterocycles. The Bertz CT molecular complexity index is 824. The van der Waals surface area contributed by atoms with Crippen LogP contribution < -0.4 is 10.6 Å². The Morgan fingerprint density at radius 3 is 2.48 bits per heavy atom. The fourth-order valence-electron chi connectivity index (χ4n) is 1.97. The molecule has 2 aromatic carbocycles. The third kappa shape index (κ3) is 3.92. The largest absolute Gasteiger partial charge is 0.340 e. The molecule has 0 aliphatic heterocycles. The third-order valence-electron chi connectivity index (χ3n) is 3.07. The molecule has 0 fully saturated rings. The summed E-state index contributed by atoms with van der Waals surface area (Å²) in [6.45, 7) is 0. The van der Waals surface area contributed by atoms with Gasteiger partial charge in [-0.3, -0.25) is 4.79 Å². The summed E-state index contributed by atoms with van der Waals surface area (Å²) in [4.78, 5) is 20.5. The highest BCUT2D eigenvalue weighted by molar-refractivity contribution is 9.10. The number of nitrogens with zero attached hydrogens (tertiary/aromatic N) is 2. The third-order valence-corrected chi connectivity index (χ3v) is 3.76. The Hall–Kier alpha value is -2.73. The Balaban J connectivity index is 1.77. The molecule has 2 N–H and O–H groups in total. The van der Waals surface area contributed by atoms with Crippen molar-refractivity contribution >= 4 is 39.0 Å². The number of nitrogens with one attached hydrogen (secondary N) is 2. The van der Waals surface area contributed by atoms with Crippen LogP contribution in [0.1, 0.15) is 10.5 Å². The van der Waals surface area contributed by atoms with Crippen molar-refractivity contribution in [1.82, 2.24) is 9.97 Å². The van der Waals surface area contributed by atoms with Gasteiger partial charge in [0.2, 0.25) is 0 Å². The standard InChI is InChI=1S/C17H13BrN4O/c18-13-8-4-5-9-14(13)22-17(23)15-10-16(20-11-19-15)21-12-6-2-1-3-7-12/h1-11H,(H,22,23)(H,19,20,21). The van der Waals surface area contributed by atoms with Crippen LogP contribution in [0.15, 0.2) is 71.5 Å². The highest BCUT2D eigenvalue weighted by Gasteiger charge is 2.10. The first-order valence-corrected chi connectivity index (χ1v) is 7.72. The smallest absolute Gasteiger partial charge is 0.274 e. The molecule has 0 saturated heterocycles. The van der Waals surface area contributed by atoms with Gasteiger partial charge in [-0.1, -0.05) is 30.3 Å². The molecular weight excluding hydrogens is 356 g/mol. The first kappa shape index (κ1) is 15.2. The Kier molecular flexibility index (Phi) is 4.63. The zero-order chi connectivity index (χ0) is 16.1. The summed E-state index contributed by atoms with van der Waals surface area (Å²) in [5, 5.41) is 5.95. The predicted octanol–water partition coefficient (Wildman–Crippen LogP) is 4.24. The molecule has 0 aliphatic rings. The number of hydrogen-bond acceptors (Lipinski definition) is 4. The van der Waals surface area contributed by atoms with Crippen molar-refractivity contribution in [3.8, 4) is 0 Å². The highest BCUT2D eigenvalue weighted by Crippen LogP contribution is 2.22. The maximum absolute atomic E-state index is 12.3. The Morgan fingerprint density at radius 2 is 1.70 bits per heavy atom. The number of hydrogen-bond donors (Lipinski definition) is 2. The van der Waals surface area contributed by atoms with Crippen LogP contribution in [0.25, 0.3) is 0 Å². The molecule has 0 saturated carbocycles. The Labute approximate surface area is 141 Å². The monoisotopic (exact) mass is 368 g/mol. The number of para-hydroxylation sites is 2. The molecule has 0 spiro atoms. The lowest BCUT2D eigenvalue weighted by atomic mass is 10.3. The number of carbonyl (C=O) groups excluding carboxylic acids is 1. The number of rotatable bonds is 4. The molecular formula is C17H13BrN4O. The van der Waals surface area contributed by atoms with Gasteiger partial charge in [0.1, 0.15) is 17.8 Å². The summed E-state index contributed by atoms with van der Waals surface area (Å²) in [6, 6.07) is 18.6. The van der Waals surface area contributed by atoms with E-state index in [4.69, 9.17) is 0 Å². The van der Waals surface area contributed by atoms with Gasteiger partial charge in [-0.25, -0.2) is 9.97 Å². The molecule has 0 unspecified atom stereocenters. The summed E-state index contributed by atoms with van der Waals surface area (Å²) < 4.78 is 0.810. The quantitative estimate of drug-likeness (QED) is 0.722. The van der Waals surface area contributed by atoms with Crippen molar-refractivity contribution in [1.29, 1.82) is 0 Å². The van der Waals surface area contributed by atoms with Gasteiger partial charge < -0.3 is 10.6 Å². The minimum absolute atomic E-state index is 0.286.